The molecule has 0 saturated carbocycles. The summed E-state index contributed by atoms with van der Waals surface area (Å²) in [5.41, 5.74) is 0.935. The summed E-state index contributed by atoms with van der Waals surface area (Å²) in [6, 6.07) is 5.71. The Labute approximate surface area is 84.1 Å². The maximum absolute atomic E-state index is 11.3. The number of aromatic nitrogens is 1. The van der Waals surface area contributed by atoms with Crippen LogP contribution in [0.15, 0.2) is 24.4 Å². The van der Waals surface area contributed by atoms with Crippen molar-refractivity contribution in [2.24, 2.45) is 5.92 Å². The Hall–Kier alpha value is -1.38. The molecule has 1 unspecified atom stereocenters. The Balaban J connectivity index is 2.62. The number of rotatable bonds is 4. The fourth-order valence-electron chi connectivity index (χ4n) is 1.33. The molecule has 0 N–H and O–H groups in total. The molecule has 1 aromatic rings. The van der Waals surface area contributed by atoms with Crippen molar-refractivity contribution < 1.29 is 9.53 Å². The van der Waals surface area contributed by atoms with Crippen LogP contribution < -0.4 is 0 Å². The van der Waals surface area contributed by atoms with Gasteiger partial charge in [0.25, 0.3) is 0 Å². The highest BCUT2D eigenvalue weighted by Gasteiger charge is 2.17. The van der Waals surface area contributed by atoms with E-state index in [0.717, 1.165) is 12.1 Å². The molecule has 1 aromatic heterocycles. The maximum Gasteiger partial charge on any atom is 0.309 e. The van der Waals surface area contributed by atoms with Crippen LogP contribution in [0.1, 0.15) is 19.0 Å². The standard InChI is InChI=1S/C11H15NO2/c1-3-9(11(13)14-2)8-10-6-4-5-7-12-10/h4-7,9H,3,8H2,1-2H3. The Morgan fingerprint density at radius 1 is 1.57 bits per heavy atom. The summed E-state index contributed by atoms with van der Waals surface area (Å²) < 4.78 is 4.71. The second kappa shape index (κ2) is 5.37. The molecule has 3 heteroatoms. The number of methoxy groups -OCH3 is 1. The second-order valence-electron chi connectivity index (χ2n) is 3.15. The molecule has 0 spiro atoms. The van der Waals surface area contributed by atoms with Crippen molar-refractivity contribution in [1.82, 2.24) is 4.98 Å². The molecule has 0 aliphatic carbocycles. The van der Waals surface area contributed by atoms with Crippen molar-refractivity contribution in [3.63, 3.8) is 0 Å². The third-order valence-corrected chi connectivity index (χ3v) is 2.21. The molecular weight excluding hydrogens is 178 g/mol. The van der Waals surface area contributed by atoms with Gasteiger partial charge in [0.05, 0.1) is 13.0 Å². The summed E-state index contributed by atoms with van der Waals surface area (Å²) in [5.74, 6) is -0.229. The van der Waals surface area contributed by atoms with Gasteiger partial charge in [-0.25, -0.2) is 0 Å². The monoisotopic (exact) mass is 193 g/mol. The smallest absolute Gasteiger partial charge is 0.309 e. The lowest BCUT2D eigenvalue weighted by Gasteiger charge is -2.11. The van der Waals surface area contributed by atoms with Crippen molar-refractivity contribution in [2.75, 3.05) is 7.11 Å². The lowest BCUT2D eigenvalue weighted by Crippen LogP contribution is -2.18. The van der Waals surface area contributed by atoms with Gasteiger partial charge in [0, 0.05) is 18.3 Å². The van der Waals surface area contributed by atoms with E-state index in [1.165, 1.54) is 7.11 Å². The SMILES string of the molecule is CCC(Cc1ccccn1)C(=O)OC. The summed E-state index contributed by atoms with van der Waals surface area (Å²) in [4.78, 5) is 15.5. The van der Waals surface area contributed by atoms with E-state index in [9.17, 15) is 4.79 Å². The number of carbonyl (C=O) groups is 1. The zero-order valence-corrected chi connectivity index (χ0v) is 8.56. The molecule has 1 atom stereocenters. The number of ether oxygens (including phenoxy) is 1. The first-order chi connectivity index (χ1) is 6.77. The van der Waals surface area contributed by atoms with Crippen molar-refractivity contribution in [3.05, 3.63) is 30.1 Å². The molecule has 1 heterocycles. The average molecular weight is 193 g/mol. The first-order valence-corrected chi connectivity index (χ1v) is 4.75. The fraction of sp³-hybridized carbons (Fsp3) is 0.455. The van der Waals surface area contributed by atoms with Gasteiger partial charge in [-0.3, -0.25) is 9.78 Å². The van der Waals surface area contributed by atoms with Gasteiger partial charge in [0.1, 0.15) is 0 Å². The van der Waals surface area contributed by atoms with Gasteiger partial charge >= 0.3 is 5.97 Å². The summed E-state index contributed by atoms with van der Waals surface area (Å²) >= 11 is 0. The summed E-state index contributed by atoms with van der Waals surface area (Å²) in [5, 5.41) is 0. The van der Waals surface area contributed by atoms with E-state index in [-0.39, 0.29) is 11.9 Å². The van der Waals surface area contributed by atoms with Crippen LogP contribution in [0, 0.1) is 5.92 Å². The number of hydrogen-bond donors (Lipinski definition) is 0. The normalized spacial score (nSPS) is 12.1. The van der Waals surface area contributed by atoms with Crippen LogP contribution in [0.25, 0.3) is 0 Å². The maximum atomic E-state index is 11.3. The van der Waals surface area contributed by atoms with Crippen molar-refractivity contribution >= 4 is 5.97 Å². The second-order valence-corrected chi connectivity index (χ2v) is 3.15. The highest BCUT2D eigenvalue weighted by Crippen LogP contribution is 2.11. The minimum absolute atomic E-state index is 0.0742. The molecule has 0 amide bonds. The van der Waals surface area contributed by atoms with Gasteiger partial charge in [0.15, 0.2) is 0 Å². The van der Waals surface area contributed by atoms with E-state index in [4.69, 9.17) is 4.74 Å². The predicted octanol–water partition coefficient (Wildman–Crippen LogP) is 1.82. The number of nitrogens with zero attached hydrogens (tertiary/aromatic N) is 1. The number of esters is 1. The lowest BCUT2D eigenvalue weighted by atomic mass is 10.0. The van der Waals surface area contributed by atoms with Gasteiger partial charge < -0.3 is 4.74 Å². The molecule has 0 bridgehead atoms. The van der Waals surface area contributed by atoms with Gasteiger partial charge in [-0.1, -0.05) is 13.0 Å². The third kappa shape index (κ3) is 2.83. The number of pyridine rings is 1. The van der Waals surface area contributed by atoms with Gasteiger partial charge in [-0.15, -0.1) is 0 Å². The predicted molar refractivity (Wildman–Crippen MR) is 53.7 cm³/mol. The summed E-state index contributed by atoms with van der Waals surface area (Å²) in [6.07, 6.45) is 3.17. The van der Waals surface area contributed by atoms with Crippen LogP contribution in [0.3, 0.4) is 0 Å². The average Bonchev–Trinajstić information content (AvgIpc) is 2.26. The fourth-order valence-corrected chi connectivity index (χ4v) is 1.33. The minimum atomic E-state index is -0.154. The molecular formula is C11H15NO2. The van der Waals surface area contributed by atoms with Crippen LogP contribution in [-0.2, 0) is 16.0 Å². The van der Waals surface area contributed by atoms with Crippen LogP contribution in [0.5, 0.6) is 0 Å². The molecule has 3 nitrogen and oxygen atoms in total. The van der Waals surface area contributed by atoms with Crippen molar-refractivity contribution in [1.29, 1.82) is 0 Å². The van der Waals surface area contributed by atoms with E-state index in [2.05, 4.69) is 4.98 Å². The van der Waals surface area contributed by atoms with E-state index in [0.29, 0.717) is 6.42 Å². The number of hydrogen-bond acceptors (Lipinski definition) is 3. The highest BCUT2D eigenvalue weighted by atomic mass is 16.5. The first-order valence-electron chi connectivity index (χ1n) is 4.75. The molecule has 14 heavy (non-hydrogen) atoms. The first kappa shape index (κ1) is 10.7. The Bertz CT molecular complexity index is 285. The minimum Gasteiger partial charge on any atom is -0.469 e. The summed E-state index contributed by atoms with van der Waals surface area (Å²) in [7, 11) is 1.42. The van der Waals surface area contributed by atoms with Crippen LogP contribution in [0.4, 0.5) is 0 Å². The largest absolute Gasteiger partial charge is 0.469 e. The quantitative estimate of drug-likeness (QED) is 0.685. The molecule has 1 rings (SSSR count). The van der Waals surface area contributed by atoms with E-state index in [1.54, 1.807) is 6.20 Å². The molecule has 0 aliphatic rings. The molecule has 0 aliphatic heterocycles. The Kier molecular flexibility index (Phi) is 4.11. The zero-order valence-electron chi connectivity index (χ0n) is 8.56. The molecule has 76 valence electrons. The number of carbonyl (C=O) groups excluding carboxylic acids is 1. The van der Waals surface area contributed by atoms with Gasteiger partial charge in [-0.2, -0.15) is 0 Å². The van der Waals surface area contributed by atoms with Crippen molar-refractivity contribution in [3.8, 4) is 0 Å². The van der Waals surface area contributed by atoms with E-state index >= 15 is 0 Å². The highest BCUT2D eigenvalue weighted by molar-refractivity contribution is 5.72. The van der Waals surface area contributed by atoms with E-state index in [1.807, 2.05) is 25.1 Å². The van der Waals surface area contributed by atoms with Gasteiger partial charge in [-0.05, 0) is 18.6 Å². The van der Waals surface area contributed by atoms with Gasteiger partial charge in [0.2, 0.25) is 0 Å². The van der Waals surface area contributed by atoms with Crippen LogP contribution >= 0.6 is 0 Å². The molecule has 0 fully saturated rings. The van der Waals surface area contributed by atoms with Crippen LogP contribution in [0.2, 0.25) is 0 Å². The molecule has 0 saturated heterocycles. The Morgan fingerprint density at radius 2 is 2.36 bits per heavy atom. The van der Waals surface area contributed by atoms with Crippen LogP contribution in [-0.4, -0.2) is 18.1 Å². The van der Waals surface area contributed by atoms with Crippen molar-refractivity contribution in [2.45, 2.75) is 19.8 Å². The molecule has 0 aromatic carbocycles. The van der Waals surface area contributed by atoms with E-state index < -0.39 is 0 Å². The molecule has 0 radical (unpaired) electrons. The Morgan fingerprint density at radius 3 is 2.86 bits per heavy atom. The lowest BCUT2D eigenvalue weighted by molar-refractivity contribution is -0.145. The third-order valence-electron chi connectivity index (χ3n) is 2.21. The topological polar surface area (TPSA) is 39.2 Å². The zero-order chi connectivity index (χ0) is 10.4. The summed E-state index contributed by atoms with van der Waals surface area (Å²) in [6.45, 7) is 1.98.